The lowest BCUT2D eigenvalue weighted by atomic mass is 10.3. The number of carbonyl (C=O) groups is 1. The minimum absolute atomic E-state index is 0.177. The SMILES string of the molecule is CCCCN(C)CCNC(=O)CCC. The van der Waals surface area contributed by atoms with E-state index in [0.29, 0.717) is 6.42 Å². The van der Waals surface area contributed by atoms with Crippen LogP contribution in [-0.4, -0.2) is 37.5 Å². The topological polar surface area (TPSA) is 32.3 Å². The van der Waals surface area contributed by atoms with E-state index in [-0.39, 0.29) is 5.91 Å². The first kappa shape index (κ1) is 13.4. The molecule has 0 unspecified atom stereocenters. The van der Waals surface area contributed by atoms with Crippen LogP contribution in [0.15, 0.2) is 0 Å². The number of hydrogen-bond acceptors (Lipinski definition) is 2. The van der Waals surface area contributed by atoms with E-state index in [1.165, 1.54) is 12.8 Å². The summed E-state index contributed by atoms with van der Waals surface area (Å²) in [6, 6.07) is 0. The molecule has 0 rings (SSSR count). The molecule has 0 aliphatic carbocycles. The van der Waals surface area contributed by atoms with Gasteiger partial charge in [0, 0.05) is 19.5 Å². The second-order valence-corrected chi connectivity index (χ2v) is 3.76. The number of amides is 1. The van der Waals surface area contributed by atoms with E-state index < -0.39 is 0 Å². The molecule has 0 heterocycles. The lowest BCUT2D eigenvalue weighted by molar-refractivity contribution is -0.121. The molecule has 1 amide bonds. The Morgan fingerprint density at radius 2 is 1.93 bits per heavy atom. The third-order valence-corrected chi connectivity index (χ3v) is 2.19. The van der Waals surface area contributed by atoms with Crippen molar-refractivity contribution in [1.29, 1.82) is 0 Å². The maximum atomic E-state index is 11.1. The number of nitrogens with zero attached hydrogens (tertiary/aromatic N) is 1. The van der Waals surface area contributed by atoms with Gasteiger partial charge < -0.3 is 10.2 Å². The van der Waals surface area contributed by atoms with Crippen LogP contribution in [0.25, 0.3) is 0 Å². The van der Waals surface area contributed by atoms with Gasteiger partial charge in [-0.2, -0.15) is 0 Å². The first-order chi connectivity index (χ1) is 6.70. The minimum atomic E-state index is 0.177. The van der Waals surface area contributed by atoms with Crippen LogP contribution in [0, 0.1) is 0 Å². The fraction of sp³-hybridized carbons (Fsp3) is 0.909. The maximum Gasteiger partial charge on any atom is 0.220 e. The molecule has 0 aromatic carbocycles. The zero-order valence-corrected chi connectivity index (χ0v) is 9.81. The van der Waals surface area contributed by atoms with Crippen molar-refractivity contribution < 1.29 is 4.79 Å². The summed E-state index contributed by atoms with van der Waals surface area (Å²) in [7, 11) is 2.10. The quantitative estimate of drug-likeness (QED) is 0.646. The van der Waals surface area contributed by atoms with Crippen molar-refractivity contribution >= 4 is 5.91 Å². The van der Waals surface area contributed by atoms with Crippen LogP contribution in [0.4, 0.5) is 0 Å². The number of unbranched alkanes of at least 4 members (excludes halogenated alkanes) is 1. The molecule has 0 radical (unpaired) electrons. The molecule has 0 aromatic rings. The summed E-state index contributed by atoms with van der Waals surface area (Å²) in [6.45, 7) is 7.07. The standard InChI is InChI=1S/C11H24N2O/c1-4-6-9-13(3)10-8-12-11(14)7-5-2/h4-10H2,1-3H3,(H,12,14). The number of hydrogen-bond donors (Lipinski definition) is 1. The van der Waals surface area contributed by atoms with Crippen LogP contribution in [0.5, 0.6) is 0 Å². The Kier molecular flexibility index (Phi) is 8.64. The van der Waals surface area contributed by atoms with Crippen LogP contribution >= 0.6 is 0 Å². The second-order valence-electron chi connectivity index (χ2n) is 3.76. The molecule has 0 saturated carbocycles. The zero-order chi connectivity index (χ0) is 10.8. The van der Waals surface area contributed by atoms with Crippen LogP contribution < -0.4 is 5.32 Å². The van der Waals surface area contributed by atoms with E-state index in [4.69, 9.17) is 0 Å². The van der Waals surface area contributed by atoms with Crippen molar-refractivity contribution in [3.8, 4) is 0 Å². The van der Waals surface area contributed by atoms with E-state index in [1.54, 1.807) is 0 Å². The van der Waals surface area contributed by atoms with Crippen LogP contribution in [0.1, 0.15) is 39.5 Å². The highest BCUT2D eigenvalue weighted by atomic mass is 16.1. The van der Waals surface area contributed by atoms with E-state index in [2.05, 4.69) is 24.2 Å². The molecule has 0 saturated heterocycles. The molecule has 84 valence electrons. The minimum Gasteiger partial charge on any atom is -0.355 e. The smallest absolute Gasteiger partial charge is 0.220 e. The molecule has 0 aromatic heterocycles. The summed E-state index contributed by atoms with van der Waals surface area (Å²) >= 11 is 0. The largest absolute Gasteiger partial charge is 0.355 e. The van der Waals surface area contributed by atoms with Crippen LogP contribution in [0.2, 0.25) is 0 Å². The molecule has 3 nitrogen and oxygen atoms in total. The Balaban J connectivity index is 3.29. The van der Waals surface area contributed by atoms with Crippen LogP contribution in [0.3, 0.4) is 0 Å². The zero-order valence-electron chi connectivity index (χ0n) is 9.81. The van der Waals surface area contributed by atoms with Crippen molar-refractivity contribution in [2.24, 2.45) is 0 Å². The van der Waals surface area contributed by atoms with Crippen molar-refractivity contribution in [3.05, 3.63) is 0 Å². The van der Waals surface area contributed by atoms with Gasteiger partial charge in [-0.3, -0.25) is 4.79 Å². The monoisotopic (exact) mass is 200 g/mol. The summed E-state index contributed by atoms with van der Waals surface area (Å²) in [4.78, 5) is 13.4. The molecule has 1 N–H and O–H groups in total. The van der Waals surface area contributed by atoms with Gasteiger partial charge in [0.05, 0.1) is 0 Å². The van der Waals surface area contributed by atoms with Gasteiger partial charge in [-0.15, -0.1) is 0 Å². The number of carbonyl (C=O) groups excluding carboxylic acids is 1. The normalized spacial score (nSPS) is 10.6. The first-order valence-corrected chi connectivity index (χ1v) is 5.66. The van der Waals surface area contributed by atoms with Crippen molar-refractivity contribution in [1.82, 2.24) is 10.2 Å². The lowest BCUT2D eigenvalue weighted by Gasteiger charge is -2.16. The predicted octanol–water partition coefficient (Wildman–Crippen LogP) is 1.63. The van der Waals surface area contributed by atoms with Gasteiger partial charge in [-0.05, 0) is 26.4 Å². The van der Waals surface area contributed by atoms with Gasteiger partial charge in [0.1, 0.15) is 0 Å². The molecule has 0 bridgehead atoms. The number of nitrogens with one attached hydrogen (secondary N) is 1. The Bertz CT molecular complexity index is 148. The summed E-state index contributed by atoms with van der Waals surface area (Å²) in [5, 5.41) is 2.91. The van der Waals surface area contributed by atoms with Gasteiger partial charge in [0.2, 0.25) is 5.91 Å². The van der Waals surface area contributed by atoms with E-state index in [1.807, 2.05) is 6.92 Å². The van der Waals surface area contributed by atoms with Crippen molar-refractivity contribution in [2.45, 2.75) is 39.5 Å². The highest BCUT2D eigenvalue weighted by Gasteiger charge is 2.00. The number of rotatable bonds is 8. The lowest BCUT2D eigenvalue weighted by Crippen LogP contribution is -2.33. The maximum absolute atomic E-state index is 11.1. The molecule has 0 aliphatic heterocycles. The Morgan fingerprint density at radius 3 is 2.50 bits per heavy atom. The molecule has 0 aliphatic rings. The van der Waals surface area contributed by atoms with E-state index in [9.17, 15) is 4.79 Å². The molecule has 0 fully saturated rings. The average molecular weight is 200 g/mol. The summed E-state index contributed by atoms with van der Waals surface area (Å²) in [5.41, 5.74) is 0. The average Bonchev–Trinajstić information content (AvgIpc) is 2.15. The van der Waals surface area contributed by atoms with Gasteiger partial charge in [-0.25, -0.2) is 0 Å². The van der Waals surface area contributed by atoms with Gasteiger partial charge in [0.25, 0.3) is 0 Å². The highest BCUT2D eigenvalue weighted by molar-refractivity contribution is 5.75. The Morgan fingerprint density at radius 1 is 1.21 bits per heavy atom. The molecular formula is C11H24N2O. The Hall–Kier alpha value is -0.570. The third-order valence-electron chi connectivity index (χ3n) is 2.19. The molecule has 0 spiro atoms. The van der Waals surface area contributed by atoms with Gasteiger partial charge in [0.15, 0.2) is 0 Å². The second kappa shape index (κ2) is 9.00. The fourth-order valence-corrected chi connectivity index (χ4v) is 1.24. The highest BCUT2D eigenvalue weighted by Crippen LogP contribution is 1.90. The Labute approximate surface area is 87.9 Å². The summed E-state index contributed by atoms with van der Waals surface area (Å²) < 4.78 is 0. The predicted molar refractivity (Wildman–Crippen MR) is 60.3 cm³/mol. The molecule has 14 heavy (non-hydrogen) atoms. The van der Waals surface area contributed by atoms with Crippen LogP contribution in [-0.2, 0) is 4.79 Å². The van der Waals surface area contributed by atoms with E-state index in [0.717, 1.165) is 26.1 Å². The molecule has 3 heteroatoms. The molecular weight excluding hydrogens is 176 g/mol. The van der Waals surface area contributed by atoms with Gasteiger partial charge >= 0.3 is 0 Å². The fourth-order valence-electron chi connectivity index (χ4n) is 1.24. The number of likely N-dealkylation sites (N-methyl/N-ethyl adjacent to an activating group) is 1. The first-order valence-electron chi connectivity index (χ1n) is 5.66. The van der Waals surface area contributed by atoms with Crippen molar-refractivity contribution in [3.63, 3.8) is 0 Å². The van der Waals surface area contributed by atoms with E-state index >= 15 is 0 Å². The third kappa shape index (κ3) is 8.05. The summed E-state index contributed by atoms with van der Waals surface area (Å²) in [6.07, 6.45) is 4.04. The molecule has 0 atom stereocenters. The van der Waals surface area contributed by atoms with Gasteiger partial charge in [-0.1, -0.05) is 20.3 Å². The summed E-state index contributed by atoms with van der Waals surface area (Å²) in [5.74, 6) is 0.177. The van der Waals surface area contributed by atoms with Crippen molar-refractivity contribution in [2.75, 3.05) is 26.7 Å².